The SMILES string of the molecule is CN1c2nc(Cl)ncc2OCC1c1ccc(C(F)(F)F)cc1C(F)(F)F. The Bertz CT molecular complexity index is 839. The summed E-state index contributed by atoms with van der Waals surface area (Å²) in [6.07, 6.45) is -8.59. The third kappa shape index (κ3) is 3.37. The molecule has 2 heterocycles. The van der Waals surface area contributed by atoms with Crippen LogP contribution in [-0.4, -0.2) is 23.6 Å². The molecule has 0 saturated heterocycles. The van der Waals surface area contributed by atoms with Crippen molar-refractivity contribution in [3.05, 3.63) is 46.4 Å². The van der Waals surface area contributed by atoms with E-state index in [1.54, 1.807) is 0 Å². The molecule has 1 aliphatic rings. The van der Waals surface area contributed by atoms with Gasteiger partial charge < -0.3 is 9.64 Å². The highest BCUT2D eigenvalue weighted by atomic mass is 35.5. The monoisotopic (exact) mass is 397 g/mol. The number of aromatic nitrogens is 2. The lowest BCUT2D eigenvalue weighted by Crippen LogP contribution is -2.35. The number of ether oxygens (including phenoxy) is 1. The van der Waals surface area contributed by atoms with E-state index in [-0.39, 0.29) is 35.1 Å². The van der Waals surface area contributed by atoms with Gasteiger partial charge in [-0.05, 0) is 29.3 Å². The molecule has 0 radical (unpaired) electrons. The molecule has 0 fully saturated rings. The molecule has 4 nitrogen and oxygen atoms in total. The molecule has 3 rings (SSSR count). The third-order valence-electron chi connectivity index (χ3n) is 3.95. The first-order valence-electron chi connectivity index (χ1n) is 7.15. The zero-order valence-corrected chi connectivity index (χ0v) is 13.7. The summed E-state index contributed by atoms with van der Waals surface area (Å²) in [5.74, 6) is 0.364. The van der Waals surface area contributed by atoms with E-state index in [0.717, 1.165) is 6.07 Å². The fourth-order valence-corrected chi connectivity index (χ4v) is 2.82. The predicted molar refractivity (Wildman–Crippen MR) is 80.1 cm³/mol. The summed E-state index contributed by atoms with van der Waals surface area (Å²) in [5, 5.41) is -0.136. The largest absolute Gasteiger partial charge is 0.486 e. The van der Waals surface area contributed by atoms with Gasteiger partial charge in [0, 0.05) is 7.05 Å². The van der Waals surface area contributed by atoms with Gasteiger partial charge >= 0.3 is 12.4 Å². The molecule has 1 unspecified atom stereocenters. The highest BCUT2D eigenvalue weighted by Gasteiger charge is 2.41. The fourth-order valence-electron chi connectivity index (χ4n) is 2.69. The van der Waals surface area contributed by atoms with Gasteiger partial charge in [-0.1, -0.05) is 6.07 Å². The van der Waals surface area contributed by atoms with Gasteiger partial charge in [0.05, 0.1) is 23.4 Å². The van der Waals surface area contributed by atoms with Crippen molar-refractivity contribution in [3.8, 4) is 5.75 Å². The van der Waals surface area contributed by atoms with Crippen molar-refractivity contribution < 1.29 is 31.1 Å². The van der Waals surface area contributed by atoms with Crippen molar-refractivity contribution in [1.82, 2.24) is 9.97 Å². The van der Waals surface area contributed by atoms with E-state index in [0.29, 0.717) is 6.07 Å². The number of fused-ring (bicyclic) bond motifs is 1. The first kappa shape index (κ1) is 18.6. The Morgan fingerprint density at radius 3 is 2.46 bits per heavy atom. The average molecular weight is 398 g/mol. The highest BCUT2D eigenvalue weighted by Crippen LogP contribution is 2.43. The number of anilines is 1. The van der Waals surface area contributed by atoms with Crippen molar-refractivity contribution in [1.29, 1.82) is 0 Å². The molecular weight excluding hydrogens is 388 g/mol. The summed E-state index contributed by atoms with van der Waals surface area (Å²) in [6, 6.07) is 0.517. The summed E-state index contributed by atoms with van der Waals surface area (Å²) < 4.78 is 84.0. The summed E-state index contributed by atoms with van der Waals surface area (Å²) in [5.41, 5.74) is -3.11. The van der Waals surface area contributed by atoms with E-state index in [2.05, 4.69) is 9.97 Å². The lowest BCUT2D eigenvalue weighted by molar-refractivity contribution is -0.143. The van der Waals surface area contributed by atoms with Gasteiger partial charge in [0.15, 0.2) is 11.6 Å². The Morgan fingerprint density at radius 1 is 1.15 bits per heavy atom. The smallest absolute Gasteiger partial charge is 0.416 e. The predicted octanol–water partition coefficient (Wildman–Crippen LogP) is 4.74. The number of alkyl halides is 6. The zero-order valence-electron chi connectivity index (χ0n) is 13.0. The summed E-state index contributed by atoms with van der Waals surface area (Å²) in [4.78, 5) is 9.00. The molecule has 1 aromatic heterocycles. The average Bonchev–Trinajstić information content (AvgIpc) is 2.53. The van der Waals surface area contributed by atoms with Crippen molar-refractivity contribution in [2.45, 2.75) is 18.4 Å². The molecule has 1 atom stereocenters. The summed E-state index contributed by atoms with van der Waals surface area (Å²) in [6.45, 7) is -0.219. The second-order valence-electron chi connectivity index (χ2n) is 5.56. The standard InChI is InChI=1S/C15H10ClF6N3O/c1-25-10(6-26-11-5-23-13(16)24-12(11)25)8-3-2-7(14(17,18)19)4-9(8)15(20,21)22/h2-5,10H,6H2,1H3. The Balaban J connectivity index is 2.09. The van der Waals surface area contributed by atoms with Crippen molar-refractivity contribution in [2.24, 2.45) is 0 Å². The van der Waals surface area contributed by atoms with Gasteiger partial charge in [0.2, 0.25) is 5.28 Å². The summed E-state index contributed by atoms with van der Waals surface area (Å²) in [7, 11) is 1.45. The molecule has 0 N–H and O–H groups in total. The van der Waals surface area contributed by atoms with E-state index in [1.807, 2.05) is 0 Å². The highest BCUT2D eigenvalue weighted by molar-refractivity contribution is 6.28. The second-order valence-corrected chi connectivity index (χ2v) is 5.90. The van der Waals surface area contributed by atoms with Gasteiger partial charge in [0.1, 0.15) is 6.61 Å². The van der Waals surface area contributed by atoms with Crippen molar-refractivity contribution in [2.75, 3.05) is 18.6 Å². The molecule has 140 valence electrons. The molecule has 11 heteroatoms. The van der Waals surface area contributed by atoms with Crippen LogP contribution in [0, 0.1) is 0 Å². The Kier molecular flexibility index (Phi) is 4.41. The van der Waals surface area contributed by atoms with Crippen LogP contribution in [0.2, 0.25) is 5.28 Å². The number of hydrogen-bond acceptors (Lipinski definition) is 4. The normalized spacial score (nSPS) is 17.7. The second kappa shape index (κ2) is 6.19. The Labute approximate surface area is 148 Å². The van der Waals surface area contributed by atoms with Crippen molar-refractivity contribution in [3.63, 3.8) is 0 Å². The van der Waals surface area contributed by atoms with Crippen LogP contribution in [-0.2, 0) is 12.4 Å². The molecular formula is C15H10ClF6N3O. The van der Waals surface area contributed by atoms with Crippen LogP contribution < -0.4 is 9.64 Å². The van der Waals surface area contributed by atoms with E-state index < -0.39 is 29.5 Å². The van der Waals surface area contributed by atoms with E-state index >= 15 is 0 Å². The minimum absolute atomic E-state index is 0.103. The first-order valence-corrected chi connectivity index (χ1v) is 7.53. The minimum Gasteiger partial charge on any atom is -0.486 e. The molecule has 1 aliphatic heterocycles. The van der Waals surface area contributed by atoms with Crippen LogP contribution >= 0.6 is 11.6 Å². The van der Waals surface area contributed by atoms with Crippen molar-refractivity contribution >= 4 is 17.4 Å². The van der Waals surface area contributed by atoms with Gasteiger partial charge in [-0.2, -0.15) is 31.3 Å². The molecule has 0 amide bonds. The molecule has 0 saturated carbocycles. The third-order valence-corrected chi connectivity index (χ3v) is 4.13. The number of nitrogens with zero attached hydrogens (tertiary/aromatic N) is 3. The lowest BCUT2D eigenvalue weighted by Gasteiger charge is -2.36. The van der Waals surface area contributed by atoms with Crippen LogP contribution in [0.4, 0.5) is 32.2 Å². The molecule has 0 bridgehead atoms. The number of benzene rings is 1. The number of rotatable bonds is 1. The minimum atomic E-state index is -4.97. The molecule has 1 aromatic carbocycles. The van der Waals surface area contributed by atoms with Gasteiger partial charge in [-0.15, -0.1) is 0 Å². The summed E-state index contributed by atoms with van der Waals surface area (Å²) >= 11 is 5.70. The molecule has 0 spiro atoms. The topological polar surface area (TPSA) is 38.2 Å². The Morgan fingerprint density at radius 2 is 1.85 bits per heavy atom. The maximum Gasteiger partial charge on any atom is 0.416 e. The van der Waals surface area contributed by atoms with Gasteiger partial charge in [-0.25, -0.2) is 4.98 Å². The lowest BCUT2D eigenvalue weighted by atomic mass is 9.96. The van der Waals surface area contributed by atoms with E-state index in [1.165, 1.54) is 18.1 Å². The van der Waals surface area contributed by atoms with Crippen LogP contribution in [0.1, 0.15) is 22.7 Å². The maximum absolute atomic E-state index is 13.4. The molecule has 0 aliphatic carbocycles. The van der Waals surface area contributed by atoms with Gasteiger partial charge in [0.25, 0.3) is 0 Å². The number of hydrogen-bond donors (Lipinski definition) is 0. The van der Waals surface area contributed by atoms with Gasteiger partial charge in [-0.3, -0.25) is 0 Å². The quantitative estimate of drug-likeness (QED) is 0.515. The Hall–Kier alpha value is -2.23. The maximum atomic E-state index is 13.4. The van der Waals surface area contributed by atoms with E-state index in [4.69, 9.17) is 16.3 Å². The van der Waals surface area contributed by atoms with Crippen LogP contribution in [0.3, 0.4) is 0 Å². The molecule has 2 aromatic rings. The molecule has 26 heavy (non-hydrogen) atoms. The first-order chi connectivity index (χ1) is 12.0. The zero-order chi connectivity index (χ0) is 19.3. The van der Waals surface area contributed by atoms with Crippen LogP contribution in [0.25, 0.3) is 0 Å². The fraction of sp³-hybridized carbons (Fsp3) is 0.333. The van der Waals surface area contributed by atoms with Crippen LogP contribution in [0.5, 0.6) is 5.75 Å². The van der Waals surface area contributed by atoms with E-state index in [9.17, 15) is 26.3 Å². The number of likely N-dealkylation sites (N-methyl/N-ethyl adjacent to an activating group) is 1. The van der Waals surface area contributed by atoms with Crippen LogP contribution in [0.15, 0.2) is 24.4 Å². The number of halogens is 7.